The number of nitrogens with zero attached hydrogens (tertiary/aromatic N) is 2. The van der Waals surface area contributed by atoms with Gasteiger partial charge in [0.15, 0.2) is 17.5 Å². The largest absolute Gasteiger partial charge is 0.492 e. The fourth-order valence-electron chi connectivity index (χ4n) is 3.51. The first-order chi connectivity index (χ1) is 14.3. The van der Waals surface area contributed by atoms with Gasteiger partial charge in [0.1, 0.15) is 24.2 Å². The van der Waals surface area contributed by atoms with Gasteiger partial charge in [-0.05, 0) is 24.3 Å². The number of hydrogen-bond acceptors (Lipinski definition) is 5. The first-order valence-electron chi connectivity index (χ1n) is 10.0. The van der Waals surface area contributed by atoms with Gasteiger partial charge in [0.2, 0.25) is 6.79 Å². The third-order valence-electron chi connectivity index (χ3n) is 5.00. The molecular formula is C22H28IN3O4. The number of likely N-dealkylation sites (tertiary alicyclic amines) is 1. The van der Waals surface area contributed by atoms with Crippen LogP contribution in [0.25, 0.3) is 0 Å². The van der Waals surface area contributed by atoms with Crippen LogP contribution in [0.5, 0.6) is 23.0 Å². The SMILES string of the molecule is CN=C(NCCOc1ccc2c(c1)OCO2)N1CCC(Oc2ccccc2)CC1.I. The van der Waals surface area contributed by atoms with E-state index < -0.39 is 0 Å². The van der Waals surface area contributed by atoms with Crippen molar-refractivity contribution in [1.82, 2.24) is 10.2 Å². The van der Waals surface area contributed by atoms with E-state index in [-0.39, 0.29) is 36.9 Å². The predicted molar refractivity (Wildman–Crippen MR) is 127 cm³/mol. The van der Waals surface area contributed by atoms with E-state index in [1.165, 1.54) is 0 Å². The molecule has 0 amide bonds. The zero-order chi connectivity index (χ0) is 19.9. The number of para-hydroxylation sites is 1. The van der Waals surface area contributed by atoms with Gasteiger partial charge >= 0.3 is 0 Å². The summed E-state index contributed by atoms with van der Waals surface area (Å²) >= 11 is 0. The molecule has 2 aromatic rings. The number of nitrogens with one attached hydrogen (secondary N) is 1. The second-order valence-corrected chi connectivity index (χ2v) is 6.95. The van der Waals surface area contributed by atoms with Gasteiger partial charge in [-0.2, -0.15) is 0 Å². The number of ether oxygens (including phenoxy) is 4. The van der Waals surface area contributed by atoms with E-state index in [2.05, 4.69) is 15.2 Å². The van der Waals surface area contributed by atoms with Crippen molar-refractivity contribution >= 4 is 29.9 Å². The Kier molecular flexibility index (Phi) is 8.30. The van der Waals surface area contributed by atoms with Crippen LogP contribution in [0.4, 0.5) is 0 Å². The number of benzene rings is 2. The maximum Gasteiger partial charge on any atom is 0.231 e. The number of hydrogen-bond donors (Lipinski definition) is 1. The number of piperidine rings is 1. The molecule has 30 heavy (non-hydrogen) atoms. The Morgan fingerprint density at radius 3 is 2.60 bits per heavy atom. The third-order valence-corrected chi connectivity index (χ3v) is 5.00. The number of fused-ring (bicyclic) bond motifs is 1. The molecule has 2 heterocycles. The normalized spacial score (nSPS) is 16.0. The first-order valence-corrected chi connectivity index (χ1v) is 10.0. The van der Waals surface area contributed by atoms with E-state index in [0.29, 0.717) is 13.2 Å². The lowest BCUT2D eigenvalue weighted by molar-refractivity contribution is 0.129. The Balaban J connectivity index is 0.00000256. The maximum absolute atomic E-state index is 6.07. The Morgan fingerprint density at radius 2 is 1.83 bits per heavy atom. The standard InChI is InChI=1S/C22H27N3O4.HI/c1-23-22(24-11-14-26-19-7-8-20-21(15-19)28-16-27-20)25-12-9-18(10-13-25)29-17-5-3-2-4-6-17;/h2-8,15,18H,9-14,16H2,1H3,(H,23,24);1H. The van der Waals surface area contributed by atoms with Gasteiger partial charge in [0, 0.05) is 39.0 Å². The summed E-state index contributed by atoms with van der Waals surface area (Å²) in [5.74, 6) is 4.10. The van der Waals surface area contributed by atoms with Gasteiger partial charge in [-0.1, -0.05) is 18.2 Å². The molecule has 2 aliphatic heterocycles. The number of aliphatic imine (C=N–C) groups is 1. The summed E-state index contributed by atoms with van der Waals surface area (Å²) in [5, 5.41) is 3.38. The van der Waals surface area contributed by atoms with Crippen LogP contribution in [-0.4, -0.2) is 57.0 Å². The third kappa shape index (κ3) is 5.84. The second-order valence-electron chi connectivity index (χ2n) is 6.95. The molecule has 0 aromatic heterocycles. The Labute approximate surface area is 194 Å². The molecule has 162 valence electrons. The maximum atomic E-state index is 6.07. The molecule has 8 heteroatoms. The van der Waals surface area contributed by atoms with Crippen molar-refractivity contribution in [3.8, 4) is 23.0 Å². The highest BCUT2D eigenvalue weighted by molar-refractivity contribution is 14.0. The number of rotatable bonds is 6. The molecular weight excluding hydrogens is 497 g/mol. The smallest absolute Gasteiger partial charge is 0.231 e. The van der Waals surface area contributed by atoms with Crippen LogP contribution in [0, 0.1) is 0 Å². The fraction of sp³-hybridized carbons (Fsp3) is 0.409. The summed E-state index contributed by atoms with van der Waals surface area (Å²) in [7, 11) is 1.81. The zero-order valence-electron chi connectivity index (χ0n) is 17.1. The Bertz CT molecular complexity index is 826. The lowest BCUT2D eigenvalue weighted by Crippen LogP contribution is -2.48. The van der Waals surface area contributed by atoms with Crippen LogP contribution in [0.3, 0.4) is 0 Å². The second kappa shape index (κ2) is 11.1. The zero-order valence-corrected chi connectivity index (χ0v) is 19.4. The van der Waals surface area contributed by atoms with Crippen LogP contribution in [-0.2, 0) is 0 Å². The summed E-state index contributed by atoms with van der Waals surface area (Å²) in [5.41, 5.74) is 0. The van der Waals surface area contributed by atoms with Gasteiger partial charge < -0.3 is 29.2 Å². The molecule has 0 spiro atoms. The molecule has 4 rings (SSSR count). The highest BCUT2D eigenvalue weighted by Crippen LogP contribution is 2.35. The van der Waals surface area contributed by atoms with Gasteiger partial charge in [-0.25, -0.2) is 0 Å². The van der Waals surface area contributed by atoms with E-state index in [0.717, 1.165) is 54.9 Å². The van der Waals surface area contributed by atoms with Crippen molar-refractivity contribution in [2.24, 2.45) is 4.99 Å². The molecule has 1 saturated heterocycles. The predicted octanol–water partition coefficient (Wildman–Crippen LogP) is 3.53. The van der Waals surface area contributed by atoms with Crippen molar-refractivity contribution < 1.29 is 18.9 Å². The minimum Gasteiger partial charge on any atom is -0.492 e. The van der Waals surface area contributed by atoms with Crippen LogP contribution in [0.1, 0.15) is 12.8 Å². The van der Waals surface area contributed by atoms with Gasteiger partial charge in [0.05, 0.1) is 6.54 Å². The van der Waals surface area contributed by atoms with Gasteiger partial charge in [0.25, 0.3) is 0 Å². The monoisotopic (exact) mass is 525 g/mol. The van der Waals surface area contributed by atoms with Gasteiger partial charge in [-0.15, -0.1) is 24.0 Å². The van der Waals surface area contributed by atoms with Crippen LogP contribution in [0.15, 0.2) is 53.5 Å². The summed E-state index contributed by atoms with van der Waals surface area (Å²) in [4.78, 5) is 6.68. The van der Waals surface area contributed by atoms with Crippen molar-refractivity contribution in [2.45, 2.75) is 18.9 Å². The molecule has 1 fully saturated rings. The van der Waals surface area contributed by atoms with E-state index in [1.807, 2.05) is 55.6 Å². The van der Waals surface area contributed by atoms with Crippen molar-refractivity contribution in [2.75, 3.05) is 40.1 Å². The molecule has 2 aliphatic rings. The van der Waals surface area contributed by atoms with E-state index in [9.17, 15) is 0 Å². The van der Waals surface area contributed by atoms with Crippen LogP contribution >= 0.6 is 24.0 Å². The summed E-state index contributed by atoms with van der Waals surface area (Å²) in [6.45, 7) is 3.30. The lowest BCUT2D eigenvalue weighted by atomic mass is 10.1. The summed E-state index contributed by atoms with van der Waals surface area (Å²) in [6.07, 6.45) is 2.20. The molecule has 0 aliphatic carbocycles. The highest BCUT2D eigenvalue weighted by atomic mass is 127. The average Bonchev–Trinajstić information content (AvgIpc) is 3.23. The molecule has 1 N–H and O–H groups in total. The minimum atomic E-state index is 0. The number of halogens is 1. The molecule has 0 saturated carbocycles. The fourth-order valence-corrected chi connectivity index (χ4v) is 3.51. The van der Waals surface area contributed by atoms with E-state index >= 15 is 0 Å². The molecule has 0 atom stereocenters. The first kappa shape index (κ1) is 22.3. The Hall–Kier alpha value is -2.36. The molecule has 7 nitrogen and oxygen atoms in total. The van der Waals surface area contributed by atoms with Crippen molar-refractivity contribution in [3.63, 3.8) is 0 Å². The molecule has 0 bridgehead atoms. The highest BCUT2D eigenvalue weighted by Gasteiger charge is 2.22. The van der Waals surface area contributed by atoms with E-state index in [4.69, 9.17) is 18.9 Å². The topological polar surface area (TPSA) is 64.6 Å². The molecule has 0 unspecified atom stereocenters. The van der Waals surface area contributed by atoms with E-state index in [1.54, 1.807) is 0 Å². The minimum absolute atomic E-state index is 0. The van der Waals surface area contributed by atoms with Gasteiger partial charge in [-0.3, -0.25) is 4.99 Å². The van der Waals surface area contributed by atoms with Crippen molar-refractivity contribution in [3.05, 3.63) is 48.5 Å². The van der Waals surface area contributed by atoms with Crippen LogP contribution in [0.2, 0.25) is 0 Å². The Morgan fingerprint density at radius 1 is 1.07 bits per heavy atom. The van der Waals surface area contributed by atoms with Crippen molar-refractivity contribution in [1.29, 1.82) is 0 Å². The van der Waals surface area contributed by atoms with Crippen LogP contribution < -0.4 is 24.3 Å². The number of guanidine groups is 1. The summed E-state index contributed by atoms with van der Waals surface area (Å²) in [6, 6.07) is 15.6. The lowest BCUT2D eigenvalue weighted by Gasteiger charge is -2.34. The summed E-state index contributed by atoms with van der Waals surface area (Å²) < 4.78 is 22.6. The molecule has 2 aromatic carbocycles. The average molecular weight is 525 g/mol. The quantitative estimate of drug-likeness (QED) is 0.270. The molecule has 0 radical (unpaired) electrons.